The van der Waals surface area contributed by atoms with Crippen LogP contribution in [0.15, 0.2) is 30.5 Å². The zero-order valence-electron chi connectivity index (χ0n) is 14.6. The van der Waals surface area contributed by atoms with Crippen molar-refractivity contribution >= 4 is 29.5 Å². The molecule has 1 aromatic carbocycles. The van der Waals surface area contributed by atoms with E-state index in [-0.39, 0.29) is 6.09 Å². The molecule has 26 heavy (non-hydrogen) atoms. The molecular weight excluding hydrogens is 356 g/mol. The number of halogens is 1. The fourth-order valence-electron chi connectivity index (χ4n) is 2.67. The summed E-state index contributed by atoms with van der Waals surface area (Å²) in [6.07, 6.45) is 1.36. The van der Waals surface area contributed by atoms with E-state index in [2.05, 4.69) is 25.4 Å². The second kappa shape index (κ2) is 8.66. The van der Waals surface area contributed by atoms with Crippen molar-refractivity contribution in [1.29, 1.82) is 0 Å². The normalized spacial score (nSPS) is 14.2. The lowest BCUT2D eigenvalue weighted by atomic mass is 10.2. The molecule has 1 N–H and O–H groups in total. The van der Waals surface area contributed by atoms with Crippen molar-refractivity contribution < 1.29 is 9.53 Å². The number of hydrogen-bond donors (Lipinski definition) is 1. The summed E-state index contributed by atoms with van der Waals surface area (Å²) in [5, 5.41) is 11.9. The maximum Gasteiger partial charge on any atom is 0.409 e. The van der Waals surface area contributed by atoms with E-state index < -0.39 is 0 Å². The number of nitrogens with zero attached hydrogens (tertiary/aromatic N) is 5. The Balaban J connectivity index is 1.58. The minimum absolute atomic E-state index is 0.268. The highest BCUT2D eigenvalue weighted by molar-refractivity contribution is 6.31. The van der Waals surface area contributed by atoms with Crippen molar-refractivity contribution in [1.82, 2.24) is 20.1 Å². The summed E-state index contributed by atoms with van der Waals surface area (Å²) in [6, 6.07) is 7.61. The lowest BCUT2D eigenvalue weighted by Gasteiger charge is -2.34. The monoisotopic (exact) mass is 376 g/mol. The number of aromatic nitrogens is 3. The van der Waals surface area contributed by atoms with Gasteiger partial charge in [0, 0.05) is 37.7 Å². The summed E-state index contributed by atoms with van der Waals surface area (Å²) >= 11 is 6.16. The minimum Gasteiger partial charge on any atom is -0.450 e. The second-order valence-electron chi connectivity index (χ2n) is 5.76. The van der Waals surface area contributed by atoms with Crippen molar-refractivity contribution in [2.24, 2.45) is 0 Å². The first-order chi connectivity index (χ1) is 12.7. The van der Waals surface area contributed by atoms with Crippen molar-refractivity contribution in [2.75, 3.05) is 43.0 Å². The molecule has 1 aliphatic heterocycles. The van der Waals surface area contributed by atoms with Gasteiger partial charge in [0.1, 0.15) is 0 Å². The SMILES string of the molecule is CCOC(=O)N1CCN(c2cnnc(NCc3ccccc3Cl)n2)CC1. The van der Waals surface area contributed by atoms with Gasteiger partial charge in [-0.25, -0.2) is 4.79 Å². The summed E-state index contributed by atoms with van der Waals surface area (Å²) in [6.45, 7) is 5.22. The van der Waals surface area contributed by atoms with E-state index in [1.165, 1.54) is 0 Å². The van der Waals surface area contributed by atoms with Gasteiger partial charge in [0.05, 0.1) is 12.8 Å². The molecule has 0 atom stereocenters. The molecule has 1 aliphatic rings. The van der Waals surface area contributed by atoms with Gasteiger partial charge >= 0.3 is 6.09 Å². The first-order valence-electron chi connectivity index (χ1n) is 8.51. The summed E-state index contributed by atoms with van der Waals surface area (Å²) in [7, 11) is 0. The van der Waals surface area contributed by atoms with Crippen LogP contribution in [0.2, 0.25) is 5.02 Å². The lowest BCUT2D eigenvalue weighted by molar-refractivity contribution is 0.105. The van der Waals surface area contributed by atoms with E-state index in [1.807, 2.05) is 24.3 Å². The molecule has 0 radical (unpaired) electrons. The summed E-state index contributed by atoms with van der Waals surface area (Å²) in [5.41, 5.74) is 0.964. The maximum absolute atomic E-state index is 11.8. The quantitative estimate of drug-likeness (QED) is 0.857. The van der Waals surface area contributed by atoms with Crippen LogP contribution in [-0.2, 0) is 11.3 Å². The number of piperazine rings is 1. The Bertz CT molecular complexity index is 752. The number of nitrogens with one attached hydrogen (secondary N) is 1. The zero-order chi connectivity index (χ0) is 18.4. The van der Waals surface area contributed by atoms with E-state index in [4.69, 9.17) is 16.3 Å². The number of benzene rings is 1. The molecular formula is C17H21ClN6O2. The fraction of sp³-hybridized carbons (Fsp3) is 0.412. The van der Waals surface area contributed by atoms with Crippen LogP contribution >= 0.6 is 11.6 Å². The number of hydrogen-bond acceptors (Lipinski definition) is 7. The van der Waals surface area contributed by atoms with Crippen molar-refractivity contribution in [2.45, 2.75) is 13.5 Å². The Kier molecular flexibility index (Phi) is 6.06. The fourth-order valence-corrected chi connectivity index (χ4v) is 2.87. The number of carbonyl (C=O) groups excluding carboxylic acids is 1. The van der Waals surface area contributed by atoms with Crippen LogP contribution in [0, 0.1) is 0 Å². The average molecular weight is 377 g/mol. The predicted octanol–water partition coefficient (Wildman–Crippen LogP) is 2.42. The topological polar surface area (TPSA) is 83.5 Å². The first kappa shape index (κ1) is 18.2. The maximum atomic E-state index is 11.8. The third-order valence-corrected chi connectivity index (χ3v) is 4.44. The Morgan fingerprint density at radius 3 is 2.77 bits per heavy atom. The molecule has 1 saturated heterocycles. The van der Waals surface area contributed by atoms with Gasteiger partial charge in [0.15, 0.2) is 5.82 Å². The van der Waals surface area contributed by atoms with Crippen LogP contribution in [0.5, 0.6) is 0 Å². The molecule has 2 heterocycles. The lowest BCUT2D eigenvalue weighted by Crippen LogP contribution is -2.49. The largest absolute Gasteiger partial charge is 0.450 e. The second-order valence-corrected chi connectivity index (χ2v) is 6.16. The van der Waals surface area contributed by atoms with E-state index in [0.717, 1.165) is 11.4 Å². The molecule has 3 rings (SSSR count). The van der Waals surface area contributed by atoms with Gasteiger partial charge in [0.2, 0.25) is 5.95 Å². The first-order valence-corrected chi connectivity index (χ1v) is 8.89. The number of carbonyl (C=O) groups is 1. The molecule has 0 unspecified atom stereocenters. The van der Waals surface area contributed by atoms with Crippen LogP contribution in [0.1, 0.15) is 12.5 Å². The summed E-state index contributed by atoms with van der Waals surface area (Å²) in [4.78, 5) is 20.1. The van der Waals surface area contributed by atoms with Gasteiger partial charge < -0.3 is 19.9 Å². The molecule has 138 valence electrons. The Labute approximate surface area is 157 Å². The van der Waals surface area contributed by atoms with Crippen molar-refractivity contribution in [3.8, 4) is 0 Å². The van der Waals surface area contributed by atoms with Gasteiger partial charge in [0.25, 0.3) is 0 Å². The van der Waals surface area contributed by atoms with Crippen LogP contribution in [0.4, 0.5) is 16.6 Å². The molecule has 1 aromatic heterocycles. The van der Waals surface area contributed by atoms with Gasteiger partial charge in [-0.15, -0.1) is 5.10 Å². The van der Waals surface area contributed by atoms with Crippen LogP contribution in [-0.4, -0.2) is 59.0 Å². The molecule has 2 aromatic rings. The van der Waals surface area contributed by atoms with Crippen molar-refractivity contribution in [3.05, 3.63) is 41.0 Å². The number of anilines is 2. The standard InChI is InChI=1S/C17H21ClN6O2/c1-2-26-17(25)24-9-7-23(8-10-24)15-12-20-22-16(21-15)19-11-13-5-3-4-6-14(13)18/h3-6,12H,2,7-11H2,1H3,(H,19,21,22). The molecule has 0 spiro atoms. The number of ether oxygens (including phenoxy) is 1. The predicted molar refractivity (Wildman–Crippen MR) is 99.4 cm³/mol. The van der Waals surface area contributed by atoms with E-state index in [1.54, 1.807) is 18.0 Å². The van der Waals surface area contributed by atoms with E-state index in [0.29, 0.717) is 50.3 Å². The van der Waals surface area contributed by atoms with Crippen LogP contribution in [0.25, 0.3) is 0 Å². The van der Waals surface area contributed by atoms with Gasteiger partial charge in [-0.1, -0.05) is 29.8 Å². The third-order valence-electron chi connectivity index (χ3n) is 4.07. The van der Waals surface area contributed by atoms with Gasteiger partial charge in [-0.05, 0) is 18.6 Å². The molecule has 0 aliphatic carbocycles. The molecule has 9 heteroatoms. The molecule has 0 saturated carbocycles. The molecule has 1 fully saturated rings. The van der Waals surface area contributed by atoms with Crippen molar-refractivity contribution in [3.63, 3.8) is 0 Å². The minimum atomic E-state index is -0.268. The highest BCUT2D eigenvalue weighted by Crippen LogP contribution is 2.17. The van der Waals surface area contributed by atoms with E-state index in [9.17, 15) is 4.79 Å². The number of amides is 1. The summed E-state index contributed by atoms with van der Waals surface area (Å²) < 4.78 is 5.03. The summed E-state index contributed by atoms with van der Waals surface area (Å²) in [5.74, 6) is 1.17. The third kappa shape index (κ3) is 4.51. The zero-order valence-corrected chi connectivity index (χ0v) is 15.3. The Morgan fingerprint density at radius 2 is 2.04 bits per heavy atom. The molecule has 8 nitrogen and oxygen atoms in total. The highest BCUT2D eigenvalue weighted by atomic mass is 35.5. The van der Waals surface area contributed by atoms with Gasteiger partial charge in [-0.3, -0.25) is 0 Å². The Hall–Kier alpha value is -2.61. The average Bonchev–Trinajstić information content (AvgIpc) is 2.68. The smallest absolute Gasteiger partial charge is 0.409 e. The van der Waals surface area contributed by atoms with E-state index >= 15 is 0 Å². The van der Waals surface area contributed by atoms with Crippen LogP contribution in [0.3, 0.4) is 0 Å². The highest BCUT2D eigenvalue weighted by Gasteiger charge is 2.23. The Morgan fingerprint density at radius 1 is 1.27 bits per heavy atom. The van der Waals surface area contributed by atoms with Gasteiger partial charge in [-0.2, -0.15) is 10.1 Å². The number of rotatable bonds is 5. The molecule has 1 amide bonds. The molecule has 0 bridgehead atoms. The van der Waals surface area contributed by atoms with Crippen LogP contribution < -0.4 is 10.2 Å².